The molecule has 0 radical (unpaired) electrons. The highest BCUT2D eigenvalue weighted by atomic mass is 79.9. The number of benzene rings is 1. The lowest BCUT2D eigenvalue weighted by molar-refractivity contribution is 0.179. The quantitative estimate of drug-likeness (QED) is 0.642. The van der Waals surface area contributed by atoms with Crippen molar-refractivity contribution in [3.05, 3.63) is 34.1 Å². The summed E-state index contributed by atoms with van der Waals surface area (Å²) in [6.07, 6.45) is 0. The Kier molecular flexibility index (Phi) is 6.80. The second kappa shape index (κ2) is 8.12. The van der Waals surface area contributed by atoms with Gasteiger partial charge in [-0.05, 0) is 19.1 Å². The Balaban J connectivity index is 2.54. The van der Waals surface area contributed by atoms with Crippen molar-refractivity contribution in [2.24, 2.45) is 4.99 Å². The number of halogens is 2. The third-order valence-electron chi connectivity index (χ3n) is 2.48. The van der Waals surface area contributed by atoms with Gasteiger partial charge in [-0.3, -0.25) is 4.99 Å². The van der Waals surface area contributed by atoms with E-state index in [0.29, 0.717) is 24.7 Å². The molecular formula is C13H19BrFN3O. The van der Waals surface area contributed by atoms with E-state index < -0.39 is 0 Å². The minimum Gasteiger partial charge on any atom is -0.383 e. The summed E-state index contributed by atoms with van der Waals surface area (Å²) in [4.78, 5) is 4.08. The third-order valence-corrected chi connectivity index (χ3v) is 2.98. The van der Waals surface area contributed by atoms with Crippen molar-refractivity contribution in [1.29, 1.82) is 0 Å². The molecule has 6 heteroatoms. The lowest BCUT2D eigenvalue weighted by Crippen LogP contribution is -2.43. The summed E-state index contributed by atoms with van der Waals surface area (Å²) < 4.78 is 19.4. The summed E-state index contributed by atoms with van der Waals surface area (Å²) in [6.45, 7) is 2.93. The van der Waals surface area contributed by atoms with Crippen molar-refractivity contribution in [3.8, 4) is 0 Å². The van der Waals surface area contributed by atoms with Crippen LogP contribution in [-0.4, -0.2) is 32.8 Å². The minimum absolute atomic E-state index is 0.131. The van der Waals surface area contributed by atoms with Crippen LogP contribution < -0.4 is 10.6 Å². The number of hydrogen-bond donors (Lipinski definition) is 2. The Morgan fingerprint density at radius 3 is 2.84 bits per heavy atom. The molecule has 1 aromatic rings. The fourth-order valence-corrected chi connectivity index (χ4v) is 1.90. The van der Waals surface area contributed by atoms with Crippen LogP contribution in [0.2, 0.25) is 0 Å². The predicted octanol–water partition coefficient (Wildman–Crippen LogP) is 2.29. The summed E-state index contributed by atoms with van der Waals surface area (Å²) in [7, 11) is 3.32. The topological polar surface area (TPSA) is 45.7 Å². The maximum atomic E-state index is 13.6. The van der Waals surface area contributed by atoms with Gasteiger partial charge in [-0.15, -0.1) is 0 Å². The van der Waals surface area contributed by atoms with Crippen LogP contribution in [-0.2, 0) is 11.3 Å². The molecule has 1 unspecified atom stereocenters. The zero-order chi connectivity index (χ0) is 14.3. The van der Waals surface area contributed by atoms with Crippen LogP contribution in [0, 0.1) is 5.82 Å². The molecule has 0 aliphatic rings. The first kappa shape index (κ1) is 15.9. The van der Waals surface area contributed by atoms with Gasteiger partial charge in [0.05, 0.1) is 6.61 Å². The van der Waals surface area contributed by atoms with Crippen LogP contribution in [0.3, 0.4) is 0 Å². The number of methoxy groups -OCH3 is 1. The van der Waals surface area contributed by atoms with Gasteiger partial charge in [-0.2, -0.15) is 0 Å². The van der Waals surface area contributed by atoms with Gasteiger partial charge >= 0.3 is 0 Å². The van der Waals surface area contributed by atoms with Gasteiger partial charge in [-0.25, -0.2) is 4.39 Å². The highest BCUT2D eigenvalue weighted by Gasteiger charge is 2.06. The Bertz CT molecular complexity index is 440. The molecule has 0 saturated carbocycles. The number of ether oxygens (including phenoxy) is 1. The van der Waals surface area contributed by atoms with E-state index in [1.807, 2.05) is 13.0 Å². The van der Waals surface area contributed by atoms with Crippen LogP contribution in [0.1, 0.15) is 12.5 Å². The largest absolute Gasteiger partial charge is 0.383 e. The lowest BCUT2D eigenvalue weighted by Gasteiger charge is -2.17. The smallest absolute Gasteiger partial charge is 0.191 e. The molecule has 0 amide bonds. The molecule has 4 nitrogen and oxygen atoms in total. The first-order valence-electron chi connectivity index (χ1n) is 5.97. The van der Waals surface area contributed by atoms with E-state index in [9.17, 15) is 4.39 Å². The van der Waals surface area contributed by atoms with Crippen molar-refractivity contribution in [1.82, 2.24) is 10.6 Å². The van der Waals surface area contributed by atoms with Gasteiger partial charge in [0.2, 0.25) is 0 Å². The van der Waals surface area contributed by atoms with Crippen LogP contribution in [0.25, 0.3) is 0 Å². The van der Waals surface area contributed by atoms with E-state index in [-0.39, 0.29) is 11.9 Å². The van der Waals surface area contributed by atoms with Crippen molar-refractivity contribution < 1.29 is 9.13 Å². The van der Waals surface area contributed by atoms with Gasteiger partial charge in [0.1, 0.15) is 5.82 Å². The predicted molar refractivity (Wildman–Crippen MR) is 78.8 cm³/mol. The standard InChI is InChI=1S/C13H19BrFN3O/c1-9(8-19-3)18-13(16-2)17-7-10-4-5-11(14)6-12(10)15/h4-6,9H,7-8H2,1-3H3,(H2,16,17,18). The van der Waals surface area contributed by atoms with Crippen LogP contribution in [0.15, 0.2) is 27.7 Å². The average molecular weight is 332 g/mol. The van der Waals surface area contributed by atoms with E-state index >= 15 is 0 Å². The summed E-state index contributed by atoms with van der Waals surface area (Å²) in [6, 6.07) is 5.12. The molecule has 0 aliphatic heterocycles. The molecule has 0 bridgehead atoms. The van der Waals surface area contributed by atoms with E-state index in [4.69, 9.17) is 4.74 Å². The van der Waals surface area contributed by atoms with Crippen LogP contribution in [0.5, 0.6) is 0 Å². The Hall–Kier alpha value is -1.14. The zero-order valence-electron chi connectivity index (χ0n) is 11.3. The van der Waals surface area contributed by atoms with E-state index in [1.165, 1.54) is 6.07 Å². The van der Waals surface area contributed by atoms with E-state index in [0.717, 1.165) is 4.47 Å². The Labute approximate surface area is 121 Å². The molecule has 19 heavy (non-hydrogen) atoms. The van der Waals surface area contributed by atoms with Crippen molar-refractivity contribution in [2.45, 2.75) is 19.5 Å². The molecular weight excluding hydrogens is 313 g/mol. The fraction of sp³-hybridized carbons (Fsp3) is 0.462. The number of nitrogens with one attached hydrogen (secondary N) is 2. The number of hydrogen-bond acceptors (Lipinski definition) is 2. The number of rotatable bonds is 5. The first-order chi connectivity index (χ1) is 9.06. The minimum atomic E-state index is -0.248. The van der Waals surface area contributed by atoms with Crippen molar-refractivity contribution in [2.75, 3.05) is 20.8 Å². The molecule has 0 aromatic heterocycles. The van der Waals surface area contributed by atoms with Gasteiger partial charge in [0.15, 0.2) is 5.96 Å². The summed E-state index contributed by atoms with van der Waals surface area (Å²) in [5.74, 6) is 0.370. The number of aliphatic imine (C=N–C) groups is 1. The van der Waals surface area contributed by atoms with Gasteiger partial charge < -0.3 is 15.4 Å². The molecule has 0 spiro atoms. The molecule has 0 heterocycles. The van der Waals surface area contributed by atoms with Gasteiger partial charge in [0.25, 0.3) is 0 Å². The molecule has 1 atom stereocenters. The molecule has 2 N–H and O–H groups in total. The molecule has 0 saturated heterocycles. The van der Waals surface area contributed by atoms with Crippen LogP contribution in [0.4, 0.5) is 4.39 Å². The zero-order valence-corrected chi connectivity index (χ0v) is 12.9. The van der Waals surface area contributed by atoms with Crippen molar-refractivity contribution in [3.63, 3.8) is 0 Å². The van der Waals surface area contributed by atoms with Crippen molar-refractivity contribution >= 4 is 21.9 Å². The summed E-state index contributed by atoms with van der Waals surface area (Å²) in [5, 5.41) is 6.21. The maximum Gasteiger partial charge on any atom is 0.191 e. The molecule has 106 valence electrons. The Morgan fingerprint density at radius 1 is 1.53 bits per heavy atom. The summed E-state index contributed by atoms with van der Waals surface area (Å²) >= 11 is 3.23. The second-order valence-electron chi connectivity index (χ2n) is 4.16. The molecule has 1 rings (SSSR count). The monoisotopic (exact) mass is 331 g/mol. The highest BCUT2D eigenvalue weighted by Crippen LogP contribution is 2.14. The van der Waals surface area contributed by atoms with Gasteiger partial charge in [0, 0.05) is 36.8 Å². The Morgan fingerprint density at radius 2 is 2.26 bits per heavy atom. The molecule has 0 aliphatic carbocycles. The normalized spacial score (nSPS) is 13.2. The third kappa shape index (κ3) is 5.57. The number of nitrogens with zero attached hydrogens (tertiary/aromatic N) is 1. The molecule has 0 fully saturated rings. The van der Waals surface area contributed by atoms with E-state index in [1.54, 1.807) is 20.2 Å². The lowest BCUT2D eigenvalue weighted by atomic mass is 10.2. The first-order valence-corrected chi connectivity index (χ1v) is 6.76. The fourth-order valence-electron chi connectivity index (χ4n) is 1.56. The molecule has 1 aromatic carbocycles. The number of guanidine groups is 1. The van der Waals surface area contributed by atoms with Crippen LogP contribution >= 0.6 is 15.9 Å². The van der Waals surface area contributed by atoms with Gasteiger partial charge in [-0.1, -0.05) is 22.0 Å². The highest BCUT2D eigenvalue weighted by molar-refractivity contribution is 9.10. The second-order valence-corrected chi connectivity index (χ2v) is 5.08. The maximum absolute atomic E-state index is 13.6. The SMILES string of the molecule is CN=C(NCc1ccc(Br)cc1F)NC(C)COC. The van der Waals surface area contributed by atoms with E-state index in [2.05, 4.69) is 31.6 Å². The summed E-state index contributed by atoms with van der Waals surface area (Å²) in [5.41, 5.74) is 0.588. The average Bonchev–Trinajstić information content (AvgIpc) is 2.36.